The van der Waals surface area contributed by atoms with Crippen LogP contribution >= 0.6 is 0 Å². The zero-order valence-electron chi connectivity index (χ0n) is 16.2. The van der Waals surface area contributed by atoms with Gasteiger partial charge in [0.15, 0.2) is 5.78 Å². The van der Waals surface area contributed by atoms with Gasteiger partial charge in [-0.05, 0) is 30.7 Å². The van der Waals surface area contributed by atoms with Gasteiger partial charge < -0.3 is 40.1 Å². The summed E-state index contributed by atoms with van der Waals surface area (Å²) in [4.78, 5) is 26.2. The lowest BCUT2D eigenvalue weighted by Gasteiger charge is -2.39. The Bertz CT molecular complexity index is 1080. The van der Waals surface area contributed by atoms with Crippen LogP contribution < -0.4 is 4.74 Å². The number of phenolic OH excluding ortho intramolecular Hbond substituents is 2. The zero-order chi connectivity index (χ0) is 22.6. The van der Waals surface area contributed by atoms with Crippen molar-refractivity contribution in [1.29, 1.82) is 0 Å². The second kappa shape index (κ2) is 7.59. The number of ether oxygens (including phenoxy) is 2. The summed E-state index contributed by atoms with van der Waals surface area (Å²) in [6.45, 7) is 0.965. The van der Waals surface area contributed by atoms with E-state index in [4.69, 9.17) is 9.47 Å². The number of hydrogen-bond donors (Lipinski definition) is 6. The number of fused-ring (bicyclic) bond motifs is 2. The molecule has 2 aromatic rings. The minimum atomic E-state index is -1.72. The number of benzene rings is 2. The molecule has 2 aliphatic rings. The number of carbonyl (C=O) groups excluding carboxylic acids is 2. The number of aliphatic hydroxyl groups is 4. The average molecular weight is 432 g/mol. The van der Waals surface area contributed by atoms with E-state index in [0.717, 1.165) is 12.1 Å². The first-order valence-corrected chi connectivity index (χ1v) is 9.41. The third-order valence-electron chi connectivity index (χ3n) is 5.38. The lowest BCUT2D eigenvalue weighted by atomic mass is 9.82. The summed E-state index contributed by atoms with van der Waals surface area (Å²) in [5.74, 6) is -2.50. The van der Waals surface area contributed by atoms with Crippen LogP contribution in [-0.2, 0) is 4.74 Å². The molecule has 0 bridgehead atoms. The van der Waals surface area contributed by atoms with Crippen molar-refractivity contribution >= 4 is 11.6 Å². The van der Waals surface area contributed by atoms with Crippen molar-refractivity contribution in [3.05, 3.63) is 52.1 Å². The monoisotopic (exact) mass is 432 g/mol. The molecule has 1 aliphatic heterocycles. The third kappa shape index (κ3) is 3.34. The van der Waals surface area contributed by atoms with E-state index in [2.05, 4.69) is 0 Å². The van der Waals surface area contributed by atoms with Crippen LogP contribution in [0.1, 0.15) is 37.4 Å². The second-order valence-corrected chi connectivity index (χ2v) is 7.55. The van der Waals surface area contributed by atoms with Crippen molar-refractivity contribution in [3.8, 4) is 17.2 Å². The largest absolute Gasteiger partial charge is 0.508 e. The first-order valence-electron chi connectivity index (χ1n) is 9.41. The number of phenols is 2. The van der Waals surface area contributed by atoms with E-state index < -0.39 is 54.6 Å². The molecular weight excluding hydrogens is 412 g/mol. The predicted octanol–water partition coefficient (Wildman–Crippen LogP) is -0.640. The van der Waals surface area contributed by atoms with Gasteiger partial charge in [-0.1, -0.05) is 0 Å². The topological polar surface area (TPSA) is 174 Å². The van der Waals surface area contributed by atoms with Crippen LogP contribution in [0.4, 0.5) is 0 Å². The molecule has 10 nitrogen and oxygen atoms in total. The highest BCUT2D eigenvalue weighted by atomic mass is 16.7. The van der Waals surface area contributed by atoms with E-state index >= 15 is 0 Å². The molecule has 0 unspecified atom stereocenters. The van der Waals surface area contributed by atoms with Crippen LogP contribution in [0.3, 0.4) is 0 Å². The number of aliphatic hydroxyl groups excluding tert-OH is 4. The Labute approximate surface area is 175 Å². The summed E-state index contributed by atoms with van der Waals surface area (Å²) in [7, 11) is 0. The number of rotatable bonds is 3. The van der Waals surface area contributed by atoms with Crippen molar-refractivity contribution in [2.75, 3.05) is 6.61 Å². The molecule has 10 heteroatoms. The molecule has 0 radical (unpaired) electrons. The molecule has 6 N–H and O–H groups in total. The minimum absolute atomic E-state index is 0.0397. The lowest BCUT2D eigenvalue weighted by Crippen LogP contribution is -2.60. The van der Waals surface area contributed by atoms with Gasteiger partial charge in [0.1, 0.15) is 41.7 Å². The standard InChI is InChI=1S/C21H20O10/c1-7-2-9-15(18(27)14-10(16(9)25)4-8(23)5-11(14)24)12(3-7)30-21-20(29)19(28)17(26)13(6-22)31-21/h2-5,13,17,19-24,26,28-29H,6H2,1H3/t13-,17-,19+,20-,21-/m0/s1. The third-order valence-corrected chi connectivity index (χ3v) is 5.38. The molecule has 0 aromatic heterocycles. The van der Waals surface area contributed by atoms with Gasteiger partial charge >= 0.3 is 0 Å². The maximum absolute atomic E-state index is 13.2. The highest BCUT2D eigenvalue weighted by Crippen LogP contribution is 2.40. The van der Waals surface area contributed by atoms with Gasteiger partial charge in [-0.25, -0.2) is 0 Å². The smallest absolute Gasteiger partial charge is 0.229 e. The fraction of sp³-hybridized carbons (Fsp3) is 0.333. The van der Waals surface area contributed by atoms with E-state index in [1.165, 1.54) is 12.1 Å². The number of aryl methyl sites for hydroxylation is 1. The van der Waals surface area contributed by atoms with E-state index in [-0.39, 0.29) is 33.8 Å². The van der Waals surface area contributed by atoms with Gasteiger partial charge in [-0.2, -0.15) is 0 Å². The SMILES string of the molecule is Cc1cc(O[C@H]2O[C@@H](CO)[C@H](O)[C@@H](O)[C@@H]2O)c2c(c1)C(=O)c1cc(O)cc(O)c1C2=O. The van der Waals surface area contributed by atoms with E-state index in [0.29, 0.717) is 5.56 Å². The first kappa shape index (κ1) is 21.2. The van der Waals surface area contributed by atoms with E-state index in [1.54, 1.807) is 6.92 Å². The average Bonchev–Trinajstić information content (AvgIpc) is 2.71. The van der Waals surface area contributed by atoms with Crippen LogP contribution in [-0.4, -0.2) is 79.5 Å². The molecule has 5 atom stereocenters. The number of aromatic hydroxyl groups is 2. The summed E-state index contributed by atoms with van der Waals surface area (Å²) >= 11 is 0. The van der Waals surface area contributed by atoms with Gasteiger partial charge in [-0.3, -0.25) is 9.59 Å². The molecule has 1 fully saturated rings. The van der Waals surface area contributed by atoms with Gasteiger partial charge in [0.05, 0.1) is 17.7 Å². The highest BCUT2D eigenvalue weighted by Gasteiger charge is 2.45. The minimum Gasteiger partial charge on any atom is -0.508 e. The Hall–Kier alpha value is -3.02. The predicted molar refractivity (Wildman–Crippen MR) is 102 cm³/mol. The fourth-order valence-corrected chi connectivity index (χ4v) is 3.85. The second-order valence-electron chi connectivity index (χ2n) is 7.55. The summed E-state index contributed by atoms with van der Waals surface area (Å²) in [5.41, 5.74) is -0.187. The molecule has 1 heterocycles. The molecule has 2 aromatic carbocycles. The lowest BCUT2D eigenvalue weighted by molar-refractivity contribution is -0.277. The van der Waals surface area contributed by atoms with Crippen LogP contribution in [0.5, 0.6) is 17.2 Å². The molecule has 0 saturated carbocycles. The van der Waals surface area contributed by atoms with Crippen molar-refractivity contribution in [1.82, 2.24) is 0 Å². The summed E-state index contributed by atoms with van der Waals surface area (Å²) in [5, 5.41) is 59.4. The first-order chi connectivity index (χ1) is 14.6. The zero-order valence-corrected chi connectivity index (χ0v) is 16.2. The molecule has 4 rings (SSSR count). The maximum Gasteiger partial charge on any atom is 0.229 e. The molecule has 1 aliphatic carbocycles. The van der Waals surface area contributed by atoms with Crippen LogP contribution in [0.2, 0.25) is 0 Å². The van der Waals surface area contributed by atoms with Crippen LogP contribution in [0.15, 0.2) is 24.3 Å². The molecule has 164 valence electrons. The van der Waals surface area contributed by atoms with Crippen molar-refractivity contribution in [2.45, 2.75) is 37.6 Å². The number of hydrogen-bond acceptors (Lipinski definition) is 10. The fourth-order valence-electron chi connectivity index (χ4n) is 3.85. The molecule has 1 saturated heterocycles. The van der Waals surface area contributed by atoms with Crippen molar-refractivity contribution < 1.29 is 49.7 Å². The Morgan fingerprint density at radius 2 is 1.58 bits per heavy atom. The number of carbonyl (C=O) groups is 2. The van der Waals surface area contributed by atoms with Crippen molar-refractivity contribution in [3.63, 3.8) is 0 Å². The maximum atomic E-state index is 13.2. The van der Waals surface area contributed by atoms with E-state index in [1.807, 2.05) is 0 Å². The van der Waals surface area contributed by atoms with Crippen LogP contribution in [0, 0.1) is 6.92 Å². The summed E-state index contributed by atoms with van der Waals surface area (Å²) in [6.07, 6.45) is -7.80. The van der Waals surface area contributed by atoms with Gasteiger partial charge in [0.2, 0.25) is 12.1 Å². The normalized spacial score (nSPS) is 27.6. The summed E-state index contributed by atoms with van der Waals surface area (Å²) < 4.78 is 11.0. The van der Waals surface area contributed by atoms with Gasteiger partial charge in [0, 0.05) is 17.2 Å². The molecule has 31 heavy (non-hydrogen) atoms. The molecule has 0 spiro atoms. The Morgan fingerprint density at radius 3 is 2.26 bits per heavy atom. The van der Waals surface area contributed by atoms with Crippen LogP contribution in [0.25, 0.3) is 0 Å². The Kier molecular flexibility index (Phi) is 5.20. The summed E-state index contributed by atoms with van der Waals surface area (Å²) in [6, 6.07) is 4.87. The molecular formula is C21H20O10. The number of ketones is 2. The highest BCUT2D eigenvalue weighted by molar-refractivity contribution is 6.30. The Balaban J connectivity index is 1.79. The Morgan fingerprint density at radius 1 is 0.903 bits per heavy atom. The van der Waals surface area contributed by atoms with Gasteiger partial charge in [0.25, 0.3) is 0 Å². The quantitative estimate of drug-likeness (QED) is 0.312. The van der Waals surface area contributed by atoms with Crippen molar-refractivity contribution in [2.24, 2.45) is 0 Å². The van der Waals surface area contributed by atoms with E-state index in [9.17, 15) is 40.2 Å². The molecule has 0 amide bonds. The van der Waals surface area contributed by atoms with Gasteiger partial charge in [-0.15, -0.1) is 0 Å².